The predicted molar refractivity (Wildman–Crippen MR) is 83.9 cm³/mol. The van der Waals surface area contributed by atoms with E-state index < -0.39 is 0 Å². The topological polar surface area (TPSA) is 43.0 Å². The van der Waals surface area contributed by atoms with Gasteiger partial charge in [-0.05, 0) is 42.8 Å². The number of aromatic nitrogens is 2. The van der Waals surface area contributed by atoms with Crippen LogP contribution >= 0.6 is 0 Å². The van der Waals surface area contributed by atoms with Crippen LogP contribution in [0.15, 0.2) is 46.9 Å². The van der Waals surface area contributed by atoms with Crippen LogP contribution in [0.4, 0.5) is 0 Å². The van der Waals surface area contributed by atoms with Crippen LogP contribution in [0.2, 0.25) is 0 Å². The van der Waals surface area contributed by atoms with Gasteiger partial charge in [0.15, 0.2) is 11.6 Å². The number of fused-ring (bicyclic) bond motifs is 1. The van der Waals surface area contributed by atoms with E-state index in [0.717, 1.165) is 47.9 Å². The Morgan fingerprint density at radius 2 is 2.00 bits per heavy atom. The molecule has 4 rings (SSSR count). The van der Waals surface area contributed by atoms with Crippen LogP contribution in [0.3, 0.4) is 0 Å². The van der Waals surface area contributed by atoms with Crippen molar-refractivity contribution in [2.24, 2.45) is 7.05 Å². The van der Waals surface area contributed by atoms with Crippen LogP contribution in [0.25, 0.3) is 28.2 Å². The SMILES string of the molecule is Cn1c(-c2ccc(C3=CCNCC3)o2)nc2ccccc21. The van der Waals surface area contributed by atoms with Crippen molar-refractivity contribution < 1.29 is 4.42 Å². The lowest BCUT2D eigenvalue weighted by Crippen LogP contribution is -2.19. The van der Waals surface area contributed by atoms with Gasteiger partial charge in [-0.2, -0.15) is 0 Å². The Kier molecular flexibility index (Phi) is 2.89. The first-order valence-corrected chi connectivity index (χ1v) is 7.25. The maximum absolute atomic E-state index is 6.04. The summed E-state index contributed by atoms with van der Waals surface area (Å²) in [5.41, 5.74) is 3.39. The van der Waals surface area contributed by atoms with E-state index in [9.17, 15) is 0 Å². The molecule has 0 radical (unpaired) electrons. The molecule has 4 nitrogen and oxygen atoms in total. The van der Waals surface area contributed by atoms with Gasteiger partial charge in [-0.3, -0.25) is 0 Å². The first-order chi connectivity index (χ1) is 10.3. The molecule has 106 valence electrons. The third-order valence-corrected chi connectivity index (χ3v) is 3.99. The highest BCUT2D eigenvalue weighted by Gasteiger charge is 2.15. The molecule has 0 saturated carbocycles. The summed E-state index contributed by atoms with van der Waals surface area (Å²) in [7, 11) is 2.02. The largest absolute Gasteiger partial charge is 0.453 e. The third-order valence-electron chi connectivity index (χ3n) is 3.99. The van der Waals surface area contributed by atoms with E-state index in [2.05, 4.69) is 27.0 Å². The lowest BCUT2D eigenvalue weighted by molar-refractivity contribution is 0.554. The van der Waals surface area contributed by atoms with Crippen molar-refractivity contribution in [2.45, 2.75) is 6.42 Å². The molecule has 0 aliphatic carbocycles. The zero-order valence-electron chi connectivity index (χ0n) is 12.0. The molecule has 0 atom stereocenters. The number of rotatable bonds is 2. The molecular weight excluding hydrogens is 262 g/mol. The van der Waals surface area contributed by atoms with Gasteiger partial charge in [0, 0.05) is 13.6 Å². The quantitative estimate of drug-likeness (QED) is 0.783. The highest BCUT2D eigenvalue weighted by atomic mass is 16.3. The number of furan rings is 1. The van der Waals surface area contributed by atoms with Crippen LogP contribution in [-0.2, 0) is 7.05 Å². The predicted octanol–water partition coefficient (Wildman–Crippen LogP) is 3.21. The first-order valence-electron chi connectivity index (χ1n) is 7.25. The molecule has 1 N–H and O–H groups in total. The van der Waals surface area contributed by atoms with Gasteiger partial charge in [0.1, 0.15) is 5.76 Å². The molecule has 1 aromatic carbocycles. The normalized spacial score (nSPS) is 15.4. The Morgan fingerprint density at radius 3 is 2.81 bits per heavy atom. The fourth-order valence-electron chi connectivity index (χ4n) is 2.84. The lowest BCUT2D eigenvalue weighted by Gasteiger charge is -2.11. The molecule has 3 heterocycles. The van der Waals surface area contributed by atoms with Crippen LogP contribution in [0, 0.1) is 0 Å². The Labute approximate surface area is 123 Å². The average molecular weight is 279 g/mol. The minimum atomic E-state index is 0.822. The van der Waals surface area contributed by atoms with Crippen LogP contribution in [-0.4, -0.2) is 22.6 Å². The van der Waals surface area contributed by atoms with Crippen molar-refractivity contribution in [2.75, 3.05) is 13.1 Å². The van der Waals surface area contributed by atoms with E-state index in [4.69, 9.17) is 4.42 Å². The highest BCUT2D eigenvalue weighted by molar-refractivity contribution is 5.79. The first kappa shape index (κ1) is 12.4. The Morgan fingerprint density at radius 1 is 1.14 bits per heavy atom. The van der Waals surface area contributed by atoms with Gasteiger partial charge >= 0.3 is 0 Å². The van der Waals surface area contributed by atoms with Gasteiger partial charge in [0.05, 0.1) is 11.0 Å². The smallest absolute Gasteiger partial charge is 0.177 e. The summed E-state index contributed by atoms with van der Waals surface area (Å²) in [5, 5.41) is 3.32. The van der Waals surface area contributed by atoms with Crippen LogP contribution < -0.4 is 5.32 Å². The van der Waals surface area contributed by atoms with Crippen LogP contribution in [0.5, 0.6) is 0 Å². The van der Waals surface area contributed by atoms with Crippen molar-refractivity contribution in [1.82, 2.24) is 14.9 Å². The highest BCUT2D eigenvalue weighted by Crippen LogP contribution is 2.29. The summed E-state index contributed by atoms with van der Waals surface area (Å²) < 4.78 is 8.12. The van der Waals surface area contributed by atoms with Gasteiger partial charge in [-0.25, -0.2) is 4.98 Å². The molecule has 0 fully saturated rings. The standard InChI is InChI=1S/C17H17N3O/c1-20-14-5-3-2-4-13(14)19-17(20)16-7-6-15(21-16)12-8-10-18-11-9-12/h2-8,18H,9-11H2,1H3. The number of imidazole rings is 1. The number of hydrogen-bond donors (Lipinski definition) is 1. The Bertz CT molecular complexity index is 826. The maximum atomic E-state index is 6.04. The van der Waals surface area contributed by atoms with E-state index in [0.29, 0.717) is 0 Å². The molecule has 0 unspecified atom stereocenters. The van der Waals surface area contributed by atoms with Crippen molar-refractivity contribution >= 4 is 16.6 Å². The van der Waals surface area contributed by atoms with Gasteiger partial charge < -0.3 is 14.3 Å². The summed E-state index contributed by atoms with van der Waals surface area (Å²) in [6.07, 6.45) is 3.20. The lowest BCUT2D eigenvalue weighted by atomic mass is 10.1. The fraction of sp³-hybridized carbons (Fsp3) is 0.235. The van der Waals surface area contributed by atoms with E-state index in [-0.39, 0.29) is 0 Å². The van der Waals surface area contributed by atoms with E-state index in [1.54, 1.807) is 0 Å². The zero-order chi connectivity index (χ0) is 14.2. The summed E-state index contributed by atoms with van der Waals surface area (Å²) in [6.45, 7) is 1.92. The molecular formula is C17H17N3O. The fourth-order valence-corrected chi connectivity index (χ4v) is 2.84. The number of aryl methyl sites for hydroxylation is 1. The van der Waals surface area contributed by atoms with E-state index in [1.807, 2.05) is 37.4 Å². The van der Waals surface area contributed by atoms with Gasteiger partial charge in [-0.15, -0.1) is 0 Å². The molecule has 4 heteroatoms. The Balaban J connectivity index is 1.77. The molecule has 0 bridgehead atoms. The summed E-state index contributed by atoms with van der Waals surface area (Å²) in [4.78, 5) is 4.68. The van der Waals surface area contributed by atoms with E-state index in [1.165, 1.54) is 5.57 Å². The number of benzene rings is 1. The minimum Gasteiger partial charge on any atom is -0.453 e. The third kappa shape index (κ3) is 2.08. The monoisotopic (exact) mass is 279 g/mol. The van der Waals surface area contributed by atoms with Gasteiger partial charge in [0.25, 0.3) is 0 Å². The molecule has 3 aromatic rings. The van der Waals surface area contributed by atoms with Gasteiger partial charge in [0.2, 0.25) is 0 Å². The Hall–Kier alpha value is -2.33. The molecule has 0 saturated heterocycles. The number of para-hydroxylation sites is 2. The van der Waals surface area contributed by atoms with E-state index >= 15 is 0 Å². The van der Waals surface area contributed by atoms with Crippen LogP contribution in [0.1, 0.15) is 12.2 Å². The molecule has 21 heavy (non-hydrogen) atoms. The number of nitrogens with one attached hydrogen (secondary N) is 1. The number of hydrogen-bond acceptors (Lipinski definition) is 3. The van der Waals surface area contributed by atoms with Crippen molar-refractivity contribution in [1.29, 1.82) is 0 Å². The summed E-state index contributed by atoms with van der Waals surface area (Å²) >= 11 is 0. The second kappa shape index (κ2) is 4.90. The number of nitrogens with zero attached hydrogens (tertiary/aromatic N) is 2. The van der Waals surface area contributed by atoms with Crippen molar-refractivity contribution in [3.05, 3.63) is 48.2 Å². The van der Waals surface area contributed by atoms with Gasteiger partial charge in [-0.1, -0.05) is 18.2 Å². The summed E-state index contributed by atoms with van der Waals surface area (Å²) in [5.74, 6) is 2.65. The molecule has 1 aliphatic heterocycles. The molecule has 0 spiro atoms. The molecule has 2 aromatic heterocycles. The minimum absolute atomic E-state index is 0.822. The average Bonchev–Trinajstić information content (AvgIpc) is 3.14. The van der Waals surface area contributed by atoms with Crippen molar-refractivity contribution in [3.8, 4) is 11.6 Å². The van der Waals surface area contributed by atoms with Crippen molar-refractivity contribution in [3.63, 3.8) is 0 Å². The molecule has 1 aliphatic rings. The second-order valence-corrected chi connectivity index (χ2v) is 5.33. The summed E-state index contributed by atoms with van der Waals surface area (Å²) in [6, 6.07) is 12.2. The maximum Gasteiger partial charge on any atom is 0.177 e. The second-order valence-electron chi connectivity index (χ2n) is 5.33. The zero-order valence-corrected chi connectivity index (χ0v) is 12.0. The molecule has 0 amide bonds.